The Morgan fingerprint density at radius 1 is 1.56 bits per heavy atom. The minimum atomic E-state index is -2.37. The molecule has 1 atom stereocenters. The molecule has 1 heterocycles. The highest BCUT2D eigenvalue weighted by Gasteiger charge is 2.13. The number of nitrogens with two attached hydrogens (primary N) is 1. The van der Waals surface area contributed by atoms with E-state index in [-0.39, 0.29) is 0 Å². The molecule has 0 saturated carbocycles. The van der Waals surface area contributed by atoms with Gasteiger partial charge in [-0.2, -0.15) is 0 Å². The van der Waals surface area contributed by atoms with Gasteiger partial charge in [-0.3, -0.25) is 8.51 Å². The van der Waals surface area contributed by atoms with Crippen LogP contribution < -0.4 is 10.0 Å². The fraction of sp³-hybridized carbons (Fsp3) is 0.111. The number of nitrogens with one attached hydrogen (secondary N) is 1. The van der Waals surface area contributed by atoms with Crippen molar-refractivity contribution in [3.05, 3.63) is 23.2 Å². The van der Waals surface area contributed by atoms with Crippen molar-refractivity contribution < 1.29 is 8.76 Å². The van der Waals surface area contributed by atoms with Crippen LogP contribution in [0.4, 0.5) is 11.5 Å². The summed E-state index contributed by atoms with van der Waals surface area (Å²) in [4.78, 5) is 2.91. The molecule has 1 aromatic carbocycles. The maximum absolute atomic E-state index is 10.8. The van der Waals surface area contributed by atoms with Gasteiger partial charge in [0.25, 0.3) is 0 Å². The molecule has 5 nitrogen and oxygen atoms in total. The van der Waals surface area contributed by atoms with E-state index in [1.807, 2.05) is 0 Å². The summed E-state index contributed by atoms with van der Waals surface area (Å²) in [5.74, 6) is 0.329. The van der Waals surface area contributed by atoms with Gasteiger partial charge in [-0.25, -0.2) is 0 Å². The van der Waals surface area contributed by atoms with Gasteiger partial charge >= 0.3 is 0 Å². The van der Waals surface area contributed by atoms with E-state index >= 15 is 0 Å². The monoisotopic (exact) mass is 258 g/mol. The molecule has 0 saturated heterocycles. The molecule has 0 radical (unpaired) electrons. The first-order valence-electron chi connectivity index (χ1n) is 4.40. The average Bonchev–Trinajstić information content (AvgIpc) is 2.54. The van der Waals surface area contributed by atoms with Gasteiger partial charge in [-0.1, -0.05) is 11.6 Å². The van der Waals surface area contributed by atoms with Gasteiger partial charge in [0.15, 0.2) is 0 Å². The Bertz CT molecular complexity index is 569. The fourth-order valence-electron chi connectivity index (χ4n) is 1.46. The SMILES string of the molecule is CN(c1[nH]c2cc(N)ccc2c1Cl)S(=O)[O-]. The molecule has 0 spiro atoms. The van der Waals surface area contributed by atoms with Crippen LogP contribution in [0.2, 0.25) is 5.02 Å². The Morgan fingerprint density at radius 3 is 2.88 bits per heavy atom. The molecule has 0 aliphatic carbocycles. The second-order valence-corrected chi connectivity index (χ2v) is 4.67. The number of H-pyrrole nitrogens is 1. The van der Waals surface area contributed by atoms with Crippen molar-refractivity contribution in [2.75, 3.05) is 17.1 Å². The Hall–Kier alpha value is -1.24. The topological polar surface area (TPSA) is 85.2 Å². The number of benzene rings is 1. The number of aromatic nitrogens is 1. The van der Waals surface area contributed by atoms with E-state index in [2.05, 4.69) is 4.98 Å². The van der Waals surface area contributed by atoms with Crippen LogP contribution in [-0.4, -0.2) is 20.8 Å². The van der Waals surface area contributed by atoms with Gasteiger partial charge in [-0.05, 0) is 18.2 Å². The van der Waals surface area contributed by atoms with Crippen LogP contribution in [-0.2, 0) is 11.3 Å². The first kappa shape index (κ1) is 11.3. The summed E-state index contributed by atoms with van der Waals surface area (Å²) >= 11 is 3.69. The summed E-state index contributed by atoms with van der Waals surface area (Å²) in [6.07, 6.45) is 0. The highest BCUT2D eigenvalue weighted by molar-refractivity contribution is 7.80. The number of hydrogen-bond donors (Lipinski definition) is 2. The number of rotatable bonds is 2. The van der Waals surface area contributed by atoms with Crippen LogP contribution in [0.25, 0.3) is 10.9 Å². The van der Waals surface area contributed by atoms with E-state index in [0.717, 1.165) is 9.69 Å². The lowest BCUT2D eigenvalue weighted by molar-refractivity contribution is 0.535. The molecule has 86 valence electrons. The maximum atomic E-state index is 10.8. The van der Waals surface area contributed by atoms with Crippen molar-refractivity contribution in [3.63, 3.8) is 0 Å². The van der Waals surface area contributed by atoms with Gasteiger partial charge in [-0.15, -0.1) is 0 Å². The number of anilines is 2. The smallest absolute Gasteiger partial charge is 0.136 e. The standard InChI is InChI=1S/C9H10ClN3O2S/c1-13(16(14)15)9-8(10)6-3-2-5(11)4-7(6)12-9/h2-4,12H,11H2,1H3,(H,14,15)/p-1. The van der Waals surface area contributed by atoms with Gasteiger partial charge < -0.3 is 15.3 Å². The maximum Gasteiger partial charge on any atom is 0.136 e. The molecular weight excluding hydrogens is 250 g/mol. The lowest BCUT2D eigenvalue weighted by Gasteiger charge is -2.19. The summed E-state index contributed by atoms with van der Waals surface area (Å²) in [5.41, 5.74) is 6.91. The van der Waals surface area contributed by atoms with Crippen LogP contribution >= 0.6 is 11.6 Å². The molecule has 3 N–H and O–H groups in total. The summed E-state index contributed by atoms with van der Waals surface area (Å²) in [7, 11) is 1.41. The van der Waals surface area contributed by atoms with Gasteiger partial charge in [0, 0.05) is 29.4 Å². The van der Waals surface area contributed by atoms with E-state index in [4.69, 9.17) is 17.3 Å². The zero-order chi connectivity index (χ0) is 11.9. The lowest BCUT2D eigenvalue weighted by atomic mass is 10.2. The summed E-state index contributed by atoms with van der Waals surface area (Å²) in [5, 5.41) is 1.10. The zero-order valence-corrected chi connectivity index (χ0v) is 9.93. The summed E-state index contributed by atoms with van der Waals surface area (Å²) in [6, 6.07) is 5.15. The van der Waals surface area contributed by atoms with Gasteiger partial charge in [0.05, 0.1) is 10.5 Å². The second kappa shape index (κ2) is 3.97. The number of aromatic amines is 1. The molecule has 7 heteroatoms. The molecule has 2 rings (SSSR count). The second-order valence-electron chi connectivity index (χ2n) is 3.31. The number of nitrogen functional groups attached to an aromatic ring is 1. The first-order chi connectivity index (χ1) is 7.50. The van der Waals surface area contributed by atoms with Crippen LogP contribution in [0.3, 0.4) is 0 Å². The van der Waals surface area contributed by atoms with E-state index in [1.54, 1.807) is 18.2 Å². The molecule has 1 unspecified atom stereocenters. The third-order valence-electron chi connectivity index (χ3n) is 2.28. The molecule has 0 aliphatic heterocycles. The lowest BCUT2D eigenvalue weighted by Crippen LogP contribution is -2.19. The van der Waals surface area contributed by atoms with Crippen molar-refractivity contribution in [2.45, 2.75) is 0 Å². The normalized spacial score (nSPS) is 12.9. The van der Waals surface area contributed by atoms with Gasteiger partial charge in [0.1, 0.15) is 5.82 Å². The van der Waals surface area contributed by atoms with Crippen LogP contribution in [0, 0.1) is 0 Å². The Balaban J connectivity index is 2.64. The van der Waals surface area contributed by atoms with E-state index < -0.39 is 11.3 Å². The van der Waals surface area contributed by atoms with Crippen LogP contribution in [0.15, 0.2) is 18.2 Å². The average molecular weight is 259 g/mol. The van der Waals surface area contributed by atoms with E-state index in [0.29, 0.717) is 22.0 Å². The summed E-state index contributed by atoms with van der Waals surface area (Å²) < 4.78 is 22.7. The number of fused-ring (bicyclic) bond motifs is 1. The zero-order valence-electron chi connectivity index (χ0n) is 8.36. The van der Waals surface area contributed by atoms with Crippen molar-refractivity contribution in [2.24, 2.45) is 0 Å². The Labute approximate surface area is 99.6 Å². The minimum Gasteiger partial charge on any atom is -0.755 e. The molecule has 2 aromatic rings. The van der Waals surface area contributed by atoms with Crippen LogP contribution in [0.1, 0.15) is 0 Å². The number of halogens is 1. The number of hydrogen-bond acceptors (Lipinski definition) is 3. The molecule has 0 bridgehead atoms. The fourth-order valence-corrected chi connectivity index (χ4v) is 2.13. The van der Waals surface area contributed by atoms with Crippen molar-refractivity contribution >= 4 is 45.3 Å². The van der Waals surface area contributed by atoms with E-state index in [9.17, 15) is 8.76 Å². The molecule has 0 aliphatic rings. The molecule has 1 aromatic heterocycles. The van der Waals surface area contributed by atoms with E-state index in [1.165, 1.54) is 7.05 Å². The molecule has 0 amide bonds. The minimum absolute atomic E-state index is 0.329. The Kier molecular flexibility index (Phi) is 2.79. The quantitative estimate of drug-likeness (QED) is 0.634. The highest BCUT2D eigenvalue weighted by atomic mass is 35.5. The highest BCUT2D eigenvalue weighted by Crippen LogP contribution is 2.34. The number of nitrogens with zero attached hydrogens (tertiary/aromatic N) is 1. The third-order valence-corrected chi connectivity index (χ3v) is 3.29. The van der Waals surface area contributed by atoms with Crippen molar-refractivity contribution in [1.82, 2.24) is 4.98 Å². The molecule has 0 fully saturated rings. The Morgan fingerprint density at radius 2 is 2.25 bits per heavy atom. The van der Waals surface area contributed by atoms with Gasteiger partial charge in [0.2, 0.25) is 0 Å². The van der Waals surface area contributed by atoms with Crippen molar-refractivity contribution in [1.29, 1.82) is 0 Å². The first-order valence-corrected chi connectivity index (χ1v) is 5.81. The molecular formula is C9H9ClN3O2S-. The largest absolute Gasteiger partial charge is 0.755 e. The molecule has 16 heavy (non-hydrogen) atoms. The predicted octanol–water partition coefficient (Wildman–Crippen LogP) is 1.63. The third kappa shape index (κ3) is 1.75. The predicted molar refractivity (Wildman–Crippen MR) is 65.0 cm³/mol. The summed E-state index contributed by atoms with van der Waals surface area (Å²) in [6.45, 7) is 0. The van der Waals surface area contributed by atoms with Crippen molar-refractivity contribution in [3.8, 4) is 0 Å². The van der Waals surface area contributed by atoms with Crippen LogP contribution in [0.5, 0.6) is 0 Å².